The Morgan fingerprint density at radius 1 is 0.920 bits per heavy atom. The van der Waals surface area contributed by atoms with Gasteiger partial charge in [0.2, 0.25) is 0 Å². The Morgan fingerprint density at radius 2 is 1.44 bits per heavy atom. The van der Waals surface area contributed by atoms with Gasteiger partial charge in [0.15, 0.2) is 0 Å². The van der Waals surface area contributed by atoms with E-state index in [0.29, 0.717) is 5.39 Å². The van der Waals surface area contributed by atoms with Crippen molar-refractivity contribution in [3.63, 3.8) is 0 Å². The van der Waals surface area contributed by atoms with Crippen LogP contribution in [0.3, 0.4) is 0 Å². The van der Waals surface area contributed by atoms with Crippen molar-refractivity contribution in [1.82, 2.24) is 4.98 Å². The number of nitro benzene ring substituents is 1. The summed E-state index contributed by atoms with van der Waals surface area (Å²) in [5, 5.41) is 11.2. The van der Waals surface area contributed by atoms with Crippen LogP contribution < -0.4 is 0 Å². The van der Waals surface area contributed by atoms with Gasteiger partial charge >= 0.3 is 52.5 Å². The number of hydrogen-bond acceptors (Lipinski definition) is 2. The Morgan fingerprint density at radius 3 is 1.84 bits per heavy atom. The van der Waals surface area contributed by atoms with Crippen LogP contribution in [-0.4, -0.2) is 9.91 Å². The summed E-state index contributed by atoms with van der Waals surface area (Å²) in [6.07, 6.45) is 11.7. The average molecular weight is 473 g/mol. The van der Waals surface area contributed by atoms with Crippen LogP contribution >= 0.6 is 7.81 Å². The third kappa shape index (κ3) is 12.3. The molecule has 0 saturated carbocycles. The number of H-pyrrole nitrogens is 1. The number of fused-ring (bicyclic) bond motifs is 1. The van der Waals surface area contributed by atoms with Gasteiger partial charge < -0.3 is 4.98 Å². The molecule has 1 heterocycles. The Kier molecular flexibility index (Phi) is 7.13. The maximum Gasteiger partial charge on any atom is 1.00 e. The summed E-state index contributed by atoms with van der Waals surface area (Å²) < 4.78 is 59.2. The number of non-ortho nitro benzene ring substituents is 1. The van der Waals surface area contributed by atoms with Crippen LogP contribution in [0.15, 0.2) is 54.8 Å². The third-order valence-corrected chi connectivity index (χ3v) is 2.32. The zero-order chi connectivity index (χ0) is 18.5. The van der Waals surface area contributed by atoms with Gasteiger partial charge in [-0.3, -0.25) is 10.1 Å². The minimum Gasteiger partial charge on any atom is -0.361 e. The van der Waals surface area contributed by atoms with Gasteiger partial charge in [0.05, 0.1) is 15.8 Å². The first kappa shape index (κ1) is 23.3. The van der Waals surface area contributed by atoms with E-state index in [2.05, 4.69) is 4.98 Å². The first-order valence-electron chi connectivity index (χ1n) is 6.17. The zero-order valence-electron chi connectivity index (χ0n) is 12.1. The minimum atomic E-state index is -10.7. The monoisotopic (exact) mass is 474 g/mol. The van der Waals surface area contributed by atoms with Crippen molar-refractivity contribution in [3.05, 3.63) is 71.3 Å². The molecule has 4 nitrogen and oxygen atoms in total. The first-order chi connectivity index (χ1) is 10.7. The van der Waals surface area contributed by atoms with E-state index in [1.165, 1.54) is 6.07 Å². The van der Waals surface area contributed by atoms with E-state index >= 15 is 0 Å². The van der Waals surface area contributed by atoms with Crippen molar-refractivity contribution in [2.45, 2.75) is 0 Å². The third-order valence-electron chi connectivity index (χ3n) is 2.32. The summed E-state index contributed by atoms with van der Waals surface area (Å²) in [6.45, 7) is 0. The van der Waals surface area contributed by atoms with Crippen LogP contribution in [0.5, 0.6) is 0 Å². The molecule has 140 valence electrons. The number of rotatable bonds is 1. The molecule has 1 aromatic heterocycles. The largest absolute Gasteiger partial charge is 1.00 e. The first-order valence-corrected chi connectivity index (χ1v) is 8.20. The summed E-state index contributed by atoms with van der Waals surface area (Å²) in [5.41, 5.74) is 0.943. The summed E-state index contributed by atoms with van der Waals surface area (Å²) in [6, 6.07) is 6.67. The van der Waals surface area contributed by atoms with Gasteiger partial charge in [-0.25, -0.2) is 0 Å². The van der Waals surface area contributed by atoms with Crippen LogP contribution in [-0.2, 0) is 19.5 Å². The molecule has 12 heteroatoms. The predicted octanol–water partition coefficient (Wildman–Crippen LogP) is 6.77. The molecule has 0 saturated heterocycles. The van der Waals surface area contributed by atoms with E-state index in [1.807, 2.05) is 36.8 Å². The van der Waals surface area contributed by atoms with Crippen LogP contribution in [0, 0.1) is 16.5 Å². The number of benzene rings is 1. The molecule has 2 aromatic rings. The summed E-state index contributed by atoms with van der Waals surface area (Å²) in [5.74, 6) is 0. The number of hydrogen-bond donors (Lipinski definition) is 1. The maximum absolute atomic E-state index is 10.7. The van der Waals surface area contributed by atoms with Crippen LogP contribution in [0.2, 0.25) is 0 Å². The number of nitrogens with zero attached hydrogens (tertiary/aromatic N) is 1. The fraction of sp³-hybridized carbons (Fsp3) is 0. The Bertz CT molecular complexity index is 765. The fourth-order valence-electron chi connectivity index (χ4n) is 1.55. The quantitative estimate of drug-likeness (QED) is 0.163. The molecule has 2 radical (unpaired) electrons. The standard InChI is InChI=1S/C8H6N2O2.C5H5.F6P.Ru/c11-10(12)8-3-1-2-7-6(8)4-5-9-7;1-2-4-5-3-1;1-7(2,3,4,5)6;/h1-5,9H;1-5H;;/q;;-1;+1. The number of nitro groups is 1. The van der Waals surface area contributed by atoms with Crippen molar-refractivity contribution < 1.29 is 49.6 Å². The van der Waals surface area contributed by atoms with E-state index in [4.69, 9.17) is 0 Å². The number of nitrogens with one attached hydrogen (secondary N) is 1. The Balaban J connectivity index is 0.000000380. The molecule has 1 N–H and O–H groups in total. The minimum absolute atomic E-state index is 0. The van der Waals surface area contributed by atoms with Crippen molar-refractivity contribution in [2.75, 3.05) is 0 Å². The van der Waals surface area contributed by atoms with Crippen molar-refractivity contribution in [2.24, 2.45) is 0 Å². The van der Waals surface area contributed by atoms with E-state index in [9.17, 15) is 35.3 Å². The number of aromatic nitrogens is 1. The molecule has 0 atom stereocenters. The Labute approximate surface area is 150 Å². The van der Waals surface area contributed by atoms with E-state index < -0.39 is 7.81 Å². The van der Waals surface area contributed by atoms with Crippen LogP contribution in [0.4, 0.5) is 30.9 Å². The maximum atomic E-state index is 10.5. The normalized spacial score (nSPS) is 15.0. The van der Waals surface area contributed by atoms with Gasteiger partial charge in [0.25, 0.3) is 5.69 Å². The molecular formula is C13H11F6N2O2PRu. The Hall–Kier alpha value is -1.73. The average Bonchev–Trinajstić information content (AvgIpc) is 3.08. The molecule has 1 aliphatic rings. The SMILES string of the molecule is F[P-](F)(F)(F)(F)F.O=[N+]([O-])c1cccc2[nH]ccc12.[CH]1C=CC=C1.[Ru+]. The summed E-state index contributed by atoms with van der Waals surface area (Å²) in [7, 11) is -10.7. The zero-order valence-corrected chi connectivity index (χ0v) is 14.7. The molecule has 3 rings (SSSR count). The van der Waals surface area contributed by atoms with Gasteiger partial charge in [-0.05, 0) is 12.1 Å². The van der Waals surface area contributed by atoms with Crippen LogP contribution in [0.25, 0.3) is 10.9 Å². The van der Waals surface area contributed by atoms with Gasteiger partial charge in [0.1, 0.15) is 0 Å². The molecule has 0 fully saturated rings. The molecule has 0 aliphatic heterocycles. The number of allylic oxidation sites excluding steroid dienone is 4. The molecule has 25 heavy (non-hydrogen) atoms. The summed E-state index contributed by atoms with van der Waals surface area (Å²) in [4.78, 5) is 13.0. The molecule has 0 bridgehead atoms. The molecule has 1 aromatic carbocycles. The predicted molar refractivity (Wildman–Crippen MR) is 81.1 cm³/mol. The summed E-state index contributed by atoms with van der Waals surface area (Å²) >= 11 is 0. The topological polar surface area (TPSA) is 58.9 Å². The van der Waals surface area contributed by atoms with Gasteiger partial charge in [-0.2, -0.15) is 0 Å². The molecule has 0 amide bonds. The van der Waals surface area contributed by atoms with Crippen molar-refractivity contribution in [3.8, 4) is 0 Å². The van der Waals surface area contributed by atoms with Crippen LogP contribution in [0.1, 0.15) is 0 Å². The van der Waals surface area contributed by atoms with Crippen molar-refractivity contribution in [1.29, 1.82) is 0 Å². The second-order valence-corrected chi connectivity index (χ2v) is 6.31. The smallest absolute Gasteiger partial charge is 0.361 e. The second kappa shape index (κ2) is 7.66. The molecular weight excluding hydrogens is 462 g/mol. The number of aromatic amines is 1. The van der Waals surface area contributed by atoms with Crippen molar-refractivity contribution >= 4 is 24.4 Å². The second-order valence-electron chi connectivity index (χ2n) is 4.39. The van der Waals surface area contributed by atoms with Gasteiger partial charge in [-0.15, -0.1) is 0 Å². The van der Waals surface area contributed by atoms with E-state index in [1.54, 1.807) is 18.3 Å². The number of halogens is 6. The molecule has 0 spiro atoms. The van der Waals surface area contributed by atoms with E-state index in [-0.39, 0.29) is 30.1 Å². The van der Waals surface area contributed by atoms with E-state index in [0.717, 1.165) is 5.52 Å². The molecule has 0 unspecified atom stereocenters. The van der Waals surface area contributed by atoms with Gasteiger partial charge in [0, 0.05) is 18.7 Å². The van der Waals surface area contributed by atoms with Gasteiger partial charge in [-0.1, -0.05) is 30.4 Å². The molecule has 1 aliphatic carbocycles. The fourth-order valence-corrected chi connectivity index (χ4v) is 1.55.